The van der Waals surface area contributed by atoms with E-state index in [4.69, 9.17) is 0 Å². The number of nitriles is 4. The highest BCUT2D eigenvalue weighted by molar-refractivity contribution is 8.25. The van der Waals surface area contributed by atoms with Crippen LogP contribution in [0.25, 0.3) is 11.1 Å². The fourth-order valence-corrected chi connectivity index (χ4v) is 6.50. The summed E-state index contributed by atoms with van der Waals surface area (Å²) in [6.45, 7) is 0. The van der Waals surface area contributed by atoms with E-state index in [1.807, 2.05) is 48.5 Å². The summed E-state index contributed by atoms with van der Waals surface area (Å²) in [6, 6.07) is 25.3. The van der Waals surface area contributed by atoms with Crippen LogP contribution in [-0.2, 0) is 0 Å². The maximum Gasteiger partial charge on any atom is 0.269 e. The molecule has 0 saturated carbocycles. The zero-order chi connectivity index (χ0) is 28.8. The average molecular weight is 561 g/mol. The molecule has 0 unspecified atom stereocenters. The highest BCUT2D eigenvalue weighted by Crippen LogP contribution is 2.56. The molecule has 1 aliphatic heterocycles. The van der Waals surface area contributed by atoms with Gasteiger partial charge in [-0.3, -0.25) is 20.2 Å². The van der Waals surface area contributed by atoms with Crippen molar-refractivity contribution in [3.05, 3.63) is 125 Å². The Bertz CT molecular complexity index is 1770. The molecular formula is C28H12N6O4S2. The molecule has 40 heavy (non-hydrogen) atoms. The van der Waals surface area contributed by atoms with Crippen molar-refractivity contribution < 1.29 is 9.85 Å². The highest BCUT2D eigenvalue weighted by Gasteiger charge is 2.30. The Hall–Kier alpha value is -5.66. The molecule has 0 bridgehead atoms. The molecule has 1 heterocycles. The first-order valence-corrected chi connectivity index (χ1v) is 12.7. The molecule has 4 rings (SSSR count). The van der Waals surface area contributed by atoms with E-state index in [0.29, 0.717) is 15.4 Å². The lowest BCUT2D eigenvalue weighted by Gasteiger charge is -2.19. The van der Waals surface area contributed by atoms with Crippen LogP contribution in [0.1, 0.15) is 11.1 Å². The van der Waals surface area contributed by atoms with Crippen molar-refractivity contribution in [1.82, 2.24) is 0 Å². The van der Waals surface area contributed by atoms with E-state index < -0.39 is 21.0 Å². The van der Waals surface area contributed by atoms with Gasteiger partial charge in [0, 0.05) is 50.8 Å². The average Bonchev–Trinajstić information content (AvgIpc) is 3.40. The monoisotopic (exact) mass is 560 g/mol. The topological polar surface area (TPSA) is 181 Å². The van der Waals surface area contributed by atoms with E-state index in [0.717, 1.165) is 9.79 Å². The maximum absolute atomic E-state index is 11.3. The van der Waals surface area contributed by atoms with E-state index in [-0.39, 0.29) is 28.1 Å². The van der Waals surface area contributed by atoms with Crippen molar-refractivity contribution in [2.45, 2.75) is 9.79 Å². The van der Waals surface area contributed by atoms with Gasteiger partial charge in [0.05, 0.1) is 14.1 Å². The molecular weight excluding hydrogens is 548 g/mol. The van der Waals surface area contributed by atoms with Crippen LogP contribution in [0.2, 0.25) is 0 Å². The van der Waals surface area contributed by atoms with Crippen LogP contribution in [0, 0.1) is 65.6 Å². The molecule has 0 saturated heterocycles. The summed E-state index contributed by atoms with van der Waals surface area (Å²) in [5.74, 6) is 0. The number of non-ortho nitro benzene ring substituents is 2. The summed E-state index contributed by atoms with van der Waals surface area (Å²) < 4.78 is 0.600. The first-order chi connectivity index (χ1) is 19.3. The number of allylic oxidation sites excluding steroid dienone is 5. The molecule has 3 aromatic rings. The van der Waals surface area contributed by atoms with E-state index >= 15 is 0 Å². The van der Waals surface area contributed by atoms with Crippen LogP contribution in [-0.4, -0.2) is 9.85 Å². The molecule has 0 atom stereocenters. The summed E-state index contributed by atoms with van der Waals surface area (Å²) in [4.78, 5) is 23.2. The first kappa shape index (κ1) is 27.4. The third-order valence-corrected chi connectivity index (χ3v) is 8.20. The van der Waals surface area contributed by atoms with Crippen LogP contribution in [0.4, 0.5) is 11.4 Å². The highest BCUT2D eigenvalue weighted by atomic mass is 32.2. The number of hydrogen-bond donors (Lipinski definition) is 0. The lowest BCUT2D eigenvalue weighted by Crippen LogP contribution is -2.03. The Morgan fingerprint density at radius 3 is 1.45 bits per heavy atom. The minimum Gasteiger partial charge on any atom is -0.258 e. The van der Waals surface area contributed by atoms with Crippen molar-refractivity contribution in [3.63, 3.8) is 0 Å². The molecule has 0 N–H and O–H groups in total. The lowest BCUT2D eigenvalue weighted by atomic mass is 9.84. The number of nitro benzene ring substituents is 2. The zero-order valence-electron chi connectivity index (χ0n) is 20.1. The van der Waals surface area contributed by atoms with Gasteiger partial charge in [0.2, 0.25) is 0 Å². The van der Waals surface area contributed by atoms with E-state index in [9.17, 15) is 41.3 Å². The number of hydrogen-bond acceptors (Lipinski definition) is 10. The van der Waals surface area contributed by atoms with Crippen molar-refractivity contribution in [2.24, 2.45) is 0 Å². The van der Waals surface area contributed by atoms with Crippen molar-refractivity contribution in [2.75, 3.05) is 0 Å². The molecule has 10 nitrogen and oxygen atoms in total. The number of thioether (sulfide) groups is 2. The van der Waals surface area contributed by atoms with Gasteiger partial charge in [0.15, 0.2) is 0 Å². The summed E-state index contributed by atoms with van der Waals surface area (Å²) in [5.41, 5.74) is -0.522. The molecule has 0 fully saturated rings. The Balaban J connectivity index is 2.12. The standard InChI is InChI=1S/C28H12N6O4S2/c29-13-19(14-30)25(17-5-9-21(10-6-17)33(35)36)26(20(15-31)16-32)27(18-7-11-22(12-8-18)34(37)38)28-39-23-3-1-2-4-24(23)40-28/h1-12H. The second kappa shape index (κ2) is 11.8. The van der Waals surface area contributed by atoms with E-state index in [1.54, 1.807) is 0 Å². The van der Waals surface area contributed by atoms with Crippen LogP contribution >= 0.6 is 23.5 Å². The van der Waals surface area contributed by atoms with Gasteiger partial charge in [-0.05, 0) is 47.5 Å². The summed E-state index contributed by atoms with van der Waals surface area (Å²) in [6.07, 6.45) is 0. The molecule has 0 aliphatic carbocycles. The molecule has 12 heteroatoms. The first-order valence-electron chi connectivity index (χ1n) is 11.1. The summed E-state index contributed by atoms with van der Waals surface area (Å²) >= 11 is 2.68. The van der Waals surface area contributed by atoms with Crippen molar-refractivity contribution in [3.8, 4) is 24.3 Å². The second-order valence-electron chi connectivity index (χ2n) is 7.87. The number of rotatable bonds is 6. The molecule has 190 valence electrons. The van der Waals surface area contributed by atoms with E-state index in [2.05, 4.69) is 0 Å². The number of fused-ring (bicyclic) bond motifs is 1. The largest absolute Gasteiger partial charge is 0.269 e. The van der Waals surface area contributed by atoms with Gasteiger partial charge in [0.25, 0.3) is 11.4 Å². The predicted octanol–water partition coefficient (Wildman–Crippen LogP) is 6.91. The SMILES string of the molecule is N#CC(C#N)=C(C(=C(C#N)C#N)c1ccc([N+](=O)[O-])cc1)C(=C1Sc2ccccc2S1)c1ccc([N+](=O)[O-])cc1. The van der Waals surface area contributed by atoms with Gasteiger partial charge in [-0.2, -0.15) is 21.0 Å². The Morgan fingerprint density at radius 1 is 0.625 bits per heavy atom. The van der Waals surface area contributed by atoms with Gasteiger partial charge in [-0.15, -0.1) is 0 Å². The summed E-state index contributed by atoms with van der Waals surface area (Å²) in [5, 5.41) is 62.4. The Labute approximate surface area is 235 Å². The van der Waals surface area contributed by atoms with Crippen LogP contribution in [0.15, 0.2) is 104 Å². The van der Waals surface area contributed by atoms with Gasteiger partial charge in [0.1, 0.15) is 35.4 Å². The molecule has 3 aromatic carbocycles. The van der Waals surface area contributed by atoms with Gasteiger partial charge in [-0.25, -0.2) is 0 Å². The zero-order valence-corrected chi connectivity index (χ0v) is 21.7. The fraction of sp³-hybridized carbons (Fsp3) is 0. The van der Waals surface area contributed by atoms with Gasteiger partial charge in [-0.1, -0.05) is 35.7 Å². The quantitative estimate of drug-likeness (QED) is 0.133. The second-order valence-corrected chi connectivity index (χ2v) is 10.2. The van der Waals surface area contributed by atoms with E-state index in [1.165, 1.54) is 72.1 Å². The normalized spacial score (nSPS) is 11.1. The smallest absolute Gasteiger partial charge is 0.258 e. The maximum atomic E-state index is 11.3. The van der Waals surface area contributed by atoms with Crippen molar-refractivity contribution >= 4 is 46.0 Å². The molecule has 0 spiro atoms. The minimum atomic E-state index is -0.608. The van der Waals surface area contributed by atoms with Crippen LogP contribution < -0.4 is 0 Å². The number of nitrogens with zero attached hydrogens (tertiary/aromatic N) is 6. The van der Waals surface area contributed by atoms with Gasteiger partial charge >= 0.3 is 0 Å². The molecule has 0 amide bonds. The molecule has 0 radical (unpaired) electrons. The lowest BCUT2D eigenvalue weighted by molar-refractivity contribution is -0.385. The third kappa shape index (κ3) is 5.31. The number of nitro groups is 2. The third-order valence-electron chi connectivity index (χ3n) is 5.64. The van der Waals surface area contributed by atoms with Gasteiger partial charge < -0.3 is 0 Å². The fourth-order valence-electron chi connectivity index (χ4n) is 3.87. The molecule has 1 aliphatic rings. The minimum absolute atomic E-state index is 0.0476. The predicted molar refractivity (Wildman–Crippen MR) is 148 cm³/mol. The Kier molecular flexibility index (Phi) is 8.08. The molecule has 0 aromatic heterocycles. The Morgan fingerprint density at radius 2 is 1.05 bits per heavy atom. The van der Waals surface area contributed by atoms with Crippen LogP contribution in [0.3, 0.4) is 0 Å². The number of benzene rings is 3. The summed E-state index contributed by atoms with van der Waals surface area (Å²) in [7, 11) is 0. The van der Waals surface area contributed by atoms with Crippen LogP contribution in [0.5, 0.6) is 0 Å². The van der Waals surface area contributed by atoms with Crippen molar-refractivity contribution in [1.29, 1.82) is 21.0 Å².